The molecule has 0 spiro atoms. The number of carbonyl (C=O) groups is 1. The smallest absolute Gasteiger partial charge is 0.330 e. The van der Waals surface area contributed by atoms with Crippen LogP contribution in [0.3, 0.4) is 0 Å². The Bertz CT molecular complexity index is 629. The summed E-state index contributed by atoms with van der Waals surface area (Å²) < 4.78 is 10.1. The number of benzene rings is 1. The van der Waals surface area contributed by atoms with E-state index in [2.05, 4.69) is 4.74 Å². The van der Waals surface area contributed by atoms with Crippen LogP contribution in [0.4, 0.5) is 0 Å². The molecule has 2 aromatic rings. The van der Waals surface area contributed by atoms with Crippen molar-refractivity contribution in [3.8, 4) is 11.3 Å². The van der Waals surface area contributed by atoms with Crippen molar-refractivity contribution in [1.29, 1.82) is 0 Å². The molecule has 1 aromatic heterocycles. The summed E-state index contributed by atoms with van der Waals surface area (Å²) in [5.41, 5.74) is 0.701. The van der Waals surface area contributed by atoms with E-state index in [1.54, 1.807) is 30.3 Å². The lowest BCUT2D eigenvalue weighted by atomic mass is 10.2. The van der Waals surface area contributed by atoms with Crippen molar-refractivity contribution in [3.05, 3.63) is 52.2 Å². The monoisotopic (exact) mass is 296 g/mol. The summed E-state index contributed by atoms with van der Waals surface area (Å²) in [6, 6.07) is 8.78. The summed E-state index contributed by atoms with van der Waals surface area (Å²) in [5, 5.41) is 0.893. The molecular weight excluding hydrogens is 287 g/mol. The number of halogens is 2. The van der Waals surface area contributed by atoms with E-state index in [1.807, 2.05) is 0 Å². The number of hydrogen-bond acceptors (Lipinski definition) is 3. The van der Waals surface area contributed by atoms with Gasteiger partial charge in [0.25, 0.3) is 0 Å². The first-order valence-corrected chi connectivity index (χ1v) is 6.17. The molecule has 5 heteroatoms. The molecule has 0 fully saturated rings. The zero-order valence-electron chi connectivity index (χ0n) is 10.0. The lowest BCUT2D eigenvalue weighted by Gasteiger charge is -2.01. The molecule has 0 radical (unpaired) electrons. The molecule has 0 unspecified atom stereocenters. The lowest BCUT2D eigenvalue weighted by Crippen LogP contribution is -1.92. The number of hydrogen-bond donors (Lipinski definition) is 0. The molecule has 1 aromatic carbocycles. The van der Waals surface area contributed by atoms with Crippen LogP contribution in [-0.4, -0.2) is 13.1 Å². The highest BCUT2D eigenvalue weighted by atomic mass is 35.5. The molecular formula is C14H10Cl2O3. The Balaban J connectivity index is 2.28. The average molecular weight is 297 g/mol. The van der Waals surface area contributed by atoms with Gasteiger partial charge >= 0.3 is 5.97 Å². The Labute approximate surface area is 120 Å². The summed E-state index contributed by atoms with van der Waals surface area (Å²) in [6.45, 7) is 0. The third kappa shape index (κ3) is 3.19. The zero-order valence-corrected chi connectivity index (χ0v) is 11.5. The molecule has 0 bridgehead atoms. The fourth-order valence-corrected chi connectivity index (χ4v) is 1.89. The van der Waals surface area contributed by atoms with E-state index in [9.17, 15) is 4.79 Å². The highest BCUT2D eigenvalue weighted by molar-refractivity contribution is 6.43. The Morgan fingerprint density at radius 2 is 2.05 bits per heavy atom. The zero-order chi connectivity index (χ0) is 13.8. The van der Waals surface area contributed by atoms with Crippen LogP contribution in [-0.2, 0) is 9.53 Å². The van der Waals surface area contributed by atoms with Gasteiger partial charge < -0.3 is 9.15 Å². The molecule has 1 heterocycles. The summed E-state index contributed by atoms with van der Waals surface area (Å²) in [7, 11) is 1.31. The van der Waals surface area contributed by atoms with Crippen LogP contribution >= 0.6 is 23.2 Å². The van der Waals surface area contributed by atoms with E-state index in [1.165, 1.54) is 19.3 Å². The normalized spacial score (nSPS) is 10.9. The van der Waals surface area contributed by atoms with E-state index in [4.69, 9.17) is 27.6 Å². The number of furan rings is 1. The number of ether oxygens (including phenoxy) is 1. The number of rotatable bonds is 3. The Morgan fingerprint density at radius 3 is 2.79 bits per heavy atom. The number of methoxy groups -OCH3 is 1. The second kappa shape index (κ2) is 5.95. The third-order valence-electron chi connectivity index (χ3n) is 2.43. The van der Waals surface area contributed by atoms with E-state index >= 15 is 0 Å². The van der Waals surface area contributed by atoms with Gasteiger partial charge in [-0.2, -0.15) is 0 Å². The van der Waals surface area contributed by atoms with Gasteiger partial charge in [-0.1, -0.05) is 29.3 Å². The van der Waals surface area contributed by atoms with Crippen molar-refractivity contribution < 1.29 is 13.9 Å². The van der Waals surface area contributed by atoms with Gasteiger partial charge in [0, 0.05) is 11.6 Å². The highest BCUT2D eigenvalue weighted by Crippen LogP contribution is 2.34. The lowest BCUT2D eigenvalue weighted by molar-refractivity contribution is -0.134. The van der Waals surface area contributed by atoms with Crippen molar-refractivity contribution in [3.63, 3.8) is 0 Å². The van der Waals surface area contributed by atoms with Crippen LogP contribution in [0.15, 0.2) is 40.8 Å². The molecule has 98 valence electrons. The van der Waals surface area contributed by atoms with E-state index < -0.39 is 5.97 Å². The molecule has 0 N–H and O–H groups in total. The van der Waals surface area contributed by atoms with E-state index in [0.717, 1.165) is 0 Å². The minimum absolute atomic E-state index is 0.432. The molecule has 0 aliphatic rings. The Kier molecular flexibility index (Phi) is 4.30. The van der Waals surface area contributed by atoms with Gasteiger partial charge in [0.15, 0.2) is 0 Å². The van der Waals surface area contributed by atoms with Crippen LogP contribution in [0.2, 0.25) is 10.0 Å². The topological polar surface area (TPSA) is 39.4 Å². The van der Waals surface area contributed by atoms with Crippen molar-refractivity contribution >= 4 is 35.2 Å². The first-order chi connectivity index (χ1) is 9.11. The predicted octanol–water partition coefficient (Wildman–Crippen LogP) is 4.44. The summed E-state index contributed by atoms with van der Waals surface area (Å²) in [4.78, 5) is 11.0. The molecule has 2 rings (SSSR count). The SMILES string of the molecule is COC(=O)/C=C/c1ccc(-c2cccc(Cl)c2Cl)o1. The first kappa shape index (κ1) is 13.7. The fourth-order valence-electron chi connectivity index (χ4n) is 1.50. The van der Waals surface area contributed by atoms with Crippen molar-refractivity contribution in [2.45, 2.75) is 0 Å². The summed E-state index contributed by atoms with van der Waals surface area (Å²) in [5.74, 6) is 0.659. The van der Waals surface area contributed by atoms with Crippen LogP contribution in [0.5, 0.6) is 0 Å². The molecule has 0 saturated carbocycles. The predicted molar refractivity (Wildman–Crippen MR) is 75.2 cm³/mol. The molecule has 0 aliphatic carbocycles. The van der Waals surface area contributed by atoms with Gasteiger partial charge in [0.2, 0.25) is 0 Å². The maximum absolute atomic E-state index is 11.0. The summed E-state index contributed by atoms with van der Waals surface area (Å²) >= 11 is 12.0. The van der Waals surface area contributed by atoms with Gasteiger partial charge in [0.05, 0.1) is 17.2 Å². The fraction of sp³-hybridized carbons (Fsp3) is 0.0714. The summed E-state index contributed by atoms with van der Waals surface area (Å²) in [6.07, 6.45) is 2.80. The standard InChI is InChI=1S/C14H10Cl2O3/c1-18-13(17)8-6-9-5-7-12(19-9)10-3-2-4-11(15)14(10)16/h2-8H,1H3/b8-6+. The van der Waals surface area contributed by atoms with Gasteiger partial charge in [0.1, 0.15) is 11.5 Å². The van der Waals surface area contributed by atoms with Crippen molar-refractivity contribution in [2.75, 3.05) is 7.11 Å². The highest BCUT2D eigenvalue weighted by Gasteiger charge is 2.10. The second-order valence-electron chi connectivity index (χ2n) is 3.66. The molecule has 19 heavy (non-hydrogen) atoms. The van der Waals surface area contributed by atoms with Crippen LogP contribution in [0.25, 0.3) is 17.4 Å². The maximum atomic E-state index is 11.0. The largest absolute Gasteiger partial charge is 0.466 e. The Hall–Kier alpha value is -1.71. The second-order valence-corrected chi connectivity index (χ2v) is 4.45. The minimum atomic E-state index is -0.446. The van der Waals surface area contributed by atoms with Gasteiger partial charge in [-0.15, -0.1) is 0 Å². The molecule has 0 amide bonds. The molecule has 3 nitrogen and oxygen atoms in total. The molecule has 0 aliphatic heterocycles. The average Bonchev–Trinajstić information content (AvgIpc) is 2.87. The maximum Gasteiger partial charge on any atom is 0.330 e. The van der Waals surface area contributed by atoms with Crippen molar-refractivity contribution in [1.82, 2.24) is 0 Å². The van der Waals surface area contributed by atoms with Gasteiger partial charge in [-0.3, -0.25) is 0 Å². The molecule has 0 saturated heterocycles. The van der Waals surface area contributed by atoms with Crippen LogP contribution in [0, 0.1) is 0 Å². The number of carbonyl (C=O) groups excluding carboxylic acids is 1. The Morgan fingerprint density at radius 1 is 1.26 bits per heavy atom. The molecule has 0 atom stereocenters. The van der Waals surface area contributed by atoms with Crippen LogP contribution < -0.4 is 0 Å². The van der Waals surface area contributed by atoms with E-state index in [0.29, 0.717) is 27.1 Å². The van der Waals surface area contributed by atoms with Gasteiger partial charge in [-0.05, 0) is 30.3 Å². The van der Waals surface area contributed by atoms with Crippen molar-refractivity contribution in [2.24, 2.45) is 0 Å². The first-order valence-electron chi connectivity index (χ1n) is 5.42. The quantitative estimate of drug-likeness (QED) is 0.621. The van der Waals surface area contributed by atoms with E-state index in [-0.39, 0.29) is 0 Å². The van der Waals surface area contributed by atoms with Gasteiger partial charge in [-0.25, -0.2) is 4.79 Å². The number of esters is 1. The van der Waals surface area contributed by atoms with Crippen LogP contribution in [0.1, 0.15) is 5.76 Å². The third-order valence-corrected chi connectivity index (χ3v) is 3.25. The minimum Gasteiger partial charge on any atom is -0.466 e.